The Hall–Kier alpha value is -3.42. The summed E-state index contributed by atoms with van der Waals surface area (Å²) in [5, 5.41) is 9.40. The van der Waals surface area contributed by atoms with E-state index in [0.29, 0.717) is 22.5 Å². The Morgan fingerprint density at radius 3 is 2.50 bits per heavy atom. The molecule has 0 amide bonds. The number of rotatable bonds is 4. The molecule has 0 unspecified atom stereocenters. The fraction of sp³-hybridized carbons (Fsp3) is 0.300. The molecule has 0 radical (unpaired) electrons. The summed E-state index contributed by atoms with van der Waals surface area (Å²) in [6, 6.07) is 6.13. The van der Waals surface area contributed by atoms with E-state index in [1.54, 1.807) is 32.9 Å². The first-order valence-electron chi connectivity index (χ1n) is 8.56. The van der Waals surface area contributed by atoms with Gasteiger partial charge in [0.15, 0.2) is 0 Å². The summed E-state index contributed by atoms with van der Waals surface area (Å²) < 4.78 is 11.9. The standard InChI is InChI=1S/C20H20N2O6/c1-20(2,3)19(26)28-10-12-14(27-4)7-6-13-16(12)17(23)22-9-11(18(24)25)5-8-15(22)21-13/h5-9H,10H2,1-4H3,(H,24,25). The van der Waals surface area contributed by atoms with Crippen LogP contribution in [0.5, 0.6) is 5.75 Å². The minimum absolute atomic E-state index is 0.0423. The van der Waals surface area contributed by atoms with Crippen LogP contribution in [0.25, 0.3) is 16.6 Å². The average molecular weight is 384 g/mol. The highest BCUT2D eigenvalue weighted by Crippen LogP contribution is 2.27. The zero-order valence-corrected chi connectivity index (χ0v) is 16.0. The van der Waals surface area contributed by atoms with E-state index in [0.717, 1.165) is 0 Å². The maximum atomic E-state index is 13.1. The number of aromatic nitrogens is 2. The lowest BCUT2D eigenvalue weighted by Gasteiger charge is -2.18. The molecular weight excluding hydrogens is 364 g/mol. The molecule has 0 aliphatic heterocycles. The number of esters is 1. The molecule has 1 aromatic carbocycles. The summed E-state index contributed by atoms with van der Waals surface area (Å²) in [6.45, 7) is 5.02. The number of fused-ring (bicyclic) bond motifs is 2. The van der Waals surface area contributed by atoms with Crippen molar-refractivity contribution in [2.75, 3.05) is 7.11 Å². The minimum Gasteiger partial charge on any atom is -0.496 e. The van der Waals surface area contributed by atoms with Gasteiger partial charge in [-0.3, -0.25) is 14.0 Å². The Morgan fingerprint density at radius 2 is 1.89 bits per heavy atom. The molecule has 28 heavy (non-hydrogen) atoms. The zero-order chi connectivity index (χ0) is 20.6. The van der Waals surface area contributed by atoms with E-state index in [4.69, 9.17) is 9.47 Å². The van der Waals surface area contributed by atoms with E-state index in [1.165, 1.54) is 29.8 Å². The first-order chi connectivity index (χ1) is 13.1. The number of nitrogens with zero attached hydrogens (tertiary/aromatic N) is 2. The van der Waals surface area contributed by atoms with Gasteiger partial charge in [-0.25, -0.2) is 9.78 Å². The third-order valence-corrected chi connectivity index (χ3v) is 4.27. The van der Waals surface area contributed by atoms with Gasteiger partial charge in [-0.05, 0) is 45.0 Å². The maximum Gasteiger partial charge on any atom is 0.337 e. The molecule has 3 rings (SSSR count). The van der Waals surface area contributed by atoms with Crippen molar-refractivity contribution in [1.29, 1.82) is 0 Å². The number of benzene rings is 1. The van der Waals surface area contributed by atoms with Gasteiger partial charge in [0, 0.05) is 11.8 Å². The van der Waals surface area contributed by atoms with Gasteiger partial charge < -0.3 is 14.6 Å². The monoisotopic (exact) mass is 384 g/mol. The van der Waals surface area contributed by atoms with Crippen molar-refractivity contribution in [3.63, 3.8) is 0 Å². The minimum atomic E-state index is -1.15. The van der Waals surface area contributed by atoms with Gasteiger partial charge in [0.2, 0.25) is 0 Å². The number of methoxy groups -OCH3 is 1. The van der Waals surface area contributed by atoms with Crippen LogP contribution in [0.2, 0.25) is 0 Å². The molecule has 0 saturated heterocycles. The third-order valence-electron chi connectivity index (χ3n) is 4.27. The molecule has 146 valence electrons. The van der Waals surface area contributed by atoms with Crippen molar-refractivity contribution in [3.05, 3.63) is 51.9 Å². The van der Waals surface area contributed by atoms with Crippen molar-refractivity contribution in [2.45, 2.75) is 27.4 Å². The number of hydrogen-bond donors (Lipinski definition) is 1. The predicted octanol–water partition coefficient (Wildman–Crippen LogP) is 2.64. The third kappa shape index (κ3) is 3.40. The molecule has 0 saturated carbocycles. The van der Waals surface area contributed by atoms with Gasteiger partial charge in [0.25, 0.3) is 5.56 Å². The number of carboxylic acids is 1. The van der Waals surface area contributed by atoms with Crippen LogP contribution in [0.1, 0.15) is 36.7 Å². The highest BCUT2D eigenvalue weighted by atomic mass is 16.5. The summed E-state index contributed by atoms with van der Waals surface area (Å²) in [6.07, 6.45) is 1.22. The van der Waals surface area contributed by atoms with E-state index in [1.807, 2.05) is 0 Å². The number of carbonyl (C=O) groups is 2. The Kier molecular flexibility index (Phi) is 4.80. The Balaban J connectivity index is 2.24. The summed E-state index contributed by atoms with van der Waals surface area (Å²) in [7, 11) is 1.45. The van der Waals surface area contributed by atoms with E-state index in [9.17, 15) is 19.5 Å². The maximum absolute atomic E-state index is 13.1. The molecule has 1 N–H and O–H groups in total. The van der Waals surface area contributed by atoms with Crippen LogP contribution in [0, 0.1) is 5.41 Å². The molecule has 8 nitrogen and oxygen atoms in total. The van der Waals surface area contributed by atoms with Crippen molar-refractivity contribution in [3.8, 4) is 5.75 Å². The van der Waals surface area contributed by atoms with Crippen LogP contribution >= 0.6 is 0 Å². The van der Waals surface area contributed by atoms with Crippen LogP contribution in [-0.4, -0.2) is 33.5 Å². The van der Waals surface area contributed by atoms with Gasteiger partial charge in [0.1, 0.15) is 18.0 Å². The van der Waals surface area contributed by atoms with E-state index >= 15 is 0 Å². The van der Waals surface area contributed by atoms with Gasteiger partial charge >= 0.3 is 11.9 Å². The summed E-state index contributed by atoms with van der Waals surface area (Å²) in [5.41, 5.74) is -0.122. The second-order valence-corrected chi connectivity index (χ2v) is 7.33. The number of hydrogen-bond acceptors (Lipinski definition) is 6. The molecule has 2 aromatic heterocycles. The number of pyridine rings is 1. The highest BCUT2D eigenvalue weighted by Gasteiger charge is 2.24. The topological polar surface area (TPSA) is 107 Å². The second-order valence-electron chi connectivity index (χ2n) is 7.33. The molecule has 0 atom stereocenters. The van der Waals surface area contributed by atoms with E-state index < -0.39 is 22.9 Å². The fourth-order valence-corrected chi connectivity index (χ4v) is 2.75. The second kappa shape index (κ2) is 6.95. The molecule has 0 aliphatic rings. The van der Waals surface area contributed by atoms with Crippen molar-refractivity contribution in [1.82, 2.24) is 9.38 Å². The number of aromatic carboxylic acids is 1. The lowest BCUT2D eigenvalue weighted by molar-refractivity contribution is -0.154. The van der Waals surface area contributed by atoms with Gasteiger partial charge in [-0.15, -0.1) is 0 Å². The lowest BCUT2D eigenvalue weighted by Crippen LogP contribution is -2.23. The zero-order valence-electron chi connectivity index (χ0n) is 16.0. The largest absolute Gasteiger partial charge is 0.496 e. The van der Waals surface area contributed by atoms with Crippen molar-refractivity contribution < 1.29 is 24.2 Å². The molecule has 8 heteroatoms. The average Bonchev–Trinajstić information content (AvgIpc) is 2.64. The van der Waals surface area contributed by atoms with Crippen LogP contribution in [0.15, 0.2) is 35.3 Å². The molecule has 0 bridgehead atoms. The lowest BCUT2D eigenvalue weighted by atomic mass is 9.97. The first-order valence-corrected chi connectivity index (χ1v) is 8.56. The van der Waals surface area contributed by atoms with Crippen molar-refractivity contribution in [2.24, 2.45) is 5.41 Å². The smallest absolute Gasteiger partial charge is 0.337 e. The first kappa shape index (κ1) is 19.3. The molecule has 0 aliphatic carbocycles. The van der Waals surface area contributed by atoms with Crippen molar-refractivity contribution >= 4 is 28.5 Å². The van der Waals surface area contributed by atoms with E-state index in [2.05, 4.69) is 4.98 Å². The summed E-state index contributed by atoms with van der Waals surface area (Å²) >= 11 is 0. The van der Waals surface area contributed by atoms with Crippen LogP contribution in [-0.2, 0) is 16.1 Å². The Morgan fingerprint density at radius 1 is 1.18 bits per heavy atom. The predicted molar refractivity (Wildman–Crippen MR) is 102 cm³/mol. The van der Waals surface area contributed by atoms with Crippen LogP contribution < -0.4 is 10.3 Å². The van der Waals surface area contributed by atoms with Gasteiger partial charge in [0.05, 0.1) is 29.0 Å². The highest BCUT2D eigenvalue weighted by molar-refractivity contribution is 5.89. The van der Waals surface area contributed by atoms with Crippen LogP contribution in [0.4, 0.5) is 0 Å². The molecule has 0 fully saturated rings. The molecule has 0 spiro atoms. The van der Waals surface area contributed by atoms with Gasteiger partial charge in [-0.1, -0.05) is 0 Å². The molecule has 2 heterocycles. The number of carboxylic acid groups (broad SMARTS) is 1. The van der Waals surface area contributed by atoms with Gasteiger partial charge in [-0.2, -0.15) is 0 Å². The number of ether oxygens (including phenoxy) is 2. The molecular formula is C20H20N2O6. The quantitative estimate of drug-likeness (QED) is 0.544. The van der Waals surface area contributed by atoms with Crippen LogP contribution in [0.3, 0.4) is 0 Å². The fourth-order valence-electron chi connectivity index (χ4n) is 2.75. The summed E-state index contributed by atoms with van der Waals surface area (Å²) in [4.78, 5) is 41.0. The number of carbonyl (C=O) groups excluding carboxylic acids is 1. The SMILES string of the molecule is COc1ccc2nc3ccc(C(=O)O)cn3c(=O)c2c1COC(=O)C(C)(C)C. The van der Waals surface area contributed by atoms with E-state index in [-0.39, 0.29) is 17.6 Å². The Bertz CT molecular complexity index is 1160. The normalized spacial score (nSPS) is 11.6. The molecule has 3 aromatic rings. The summed E-state index contributed by atoms with van der Waals surface area (Å²) in [5.74, 6) is -1.20. The Labute approximate surface area is 160 Å².